The predicted octanol–water partition coefficient (Wildman–Crippen LogP) is 3.23. The summed E-state index contributed by atoms with van der Waals surface area (Å²) in [6.07, 6.45) is 15.1. The second-order valence-corrected chi connectivity index (χ2v) is 3.68. The molecule has 2 rings (SSSR count). The minimum absolute atomic E-state index is 0.368. The highest BCUT2D eigenvalue weighted by atomic mass is 14.3. The van der Waals surface area contributed by atoms with Gasteiger partial charge < -0.3 is 0 Å². The summed E-state index contributed by atoms with van der Waals surface area (Å²) < 4.78 is 0. The van der Waals surface area contributed by atoms with E-state index in [0.29, 0.717) is 5.41 Å². The third kappa shape index (κ3) is 1.07. The third-order valence-electron chi connectivity index (χ3n) is 2.77. The Morgan fingerprint density at radius 1 is 1.36 bits per heavy atom. The van der Waals surface area contributed by atoms with Crippen LogP contribution >= 0.6 is 0 Å². The molecule has 0 spiro atoms. The van der Waals surface area contributed by atoms with E-state index in [-0.39, 0.29) is 0 Å². The van der Waals surface area contributed by atoms with Gasteiger partial charge in [0.15, 0.2) is 0 Å². The number of rotatable bonds is 0. The van der Waals surface area contributed by atoms with Gasteiger partial charge in [0.1, 0.15) is 0 Å². The maximum atomic E-state index is 2.37. The average Bonchev–Trinajstić information content (AvgIpc) is 2.03. The molecule has 11 heavy (non-hydrogen) atoms. The molecule has 0 aromatic rings. The van der Waals surface area contributed by atoms with Crippen LogP contribution in [0.5, 0.6) is 0 Å². The molecule has 0 saturated carbocycles. The Hall–Kier alpha value is -0.780. The Morgan fingerprint density at radius 3 is 3.09 bits per heavy atom. The summed E-state index contributed by atoms with van der Waals surface area (Å²) in [4.78, 5) is 0. The van der Waals surface area contributed by atoms with Crippen molar-refractivity contribution in [1.29, 1.82) is 0 Å². The van der Waals surface area contributed by atoms with E-state index in [1.165, 1.54) is 19.3 Å². The lowest BCUT2D eigenvalue weighted by molar-refractivity contribution is 0.479. The van der Waals surface area contributed by atoms with E-state index in [9.17, 15) is 0 Å². The zero-order chi connectivity index (χ0) is 7.73. The monoisotopic (exact) mass is 146 g/mol. The molecule has 0 bridgehead atoms. The van der Waals surface area contributed by atoms with Crippen molar-refractivity contribution >= 4 is 0 Å². The van der Waals surface area contributed by atoms with Crippen molar-refractivity contribution in [1.82, 2.24) is 0 Å². The van der Waals surface area contributed by atoms with Crippen LogP contribution in [0.2, 0.25) is 0 Å². The molecule has 0 nitrogen and oxygen atoms in total. The van der Waals surface area contributed by atoms with Crippen molar-refractivity contribution in [2.75, 3.05) is 0 Å². The molecule has 0 aromatic carbocycles. The first kappa shape index (κ1) is 6.90. The Kier molecular flexibility index (Phi) is 1.49. The molecule has 0 N–H and O–H groups in total. The first-order chi connectivity index (χ1) is 5.31. The summed E-state index contributed by atoms with van der Waals surface area (Å²) >= 11 is 0. The van der Waals surface area contributed by atoms with Crippen molar-refractivity contribution < 1.29 is 0 Å². The van der Waals surface area contributed by atoms with Gasteiger partial charge in [-0.15, -0.1) is 0 Å². The molecule has 0 saturated heterocycles. The van der Waals surface area contributed by atoms with Gasteiger partial charge in [0.2, 0.25) is 0 Å². The highest BCUT2D eigenvalue weighted by Gasteiger charge is 2.27. The summed E-state index contributed by atoms with van der Waals surface area (Å²) in [5.41, 5.74) is 1.98. The SMILES string of the molecule is CC12C=CCCC1=CC=CC2. The molecule has 0 radical (unpaired) electrons. The fourth-order valence-electron chi connectivity index (χ4n) is 1.94. The Balaban J connectivity index is 2.38. The Bertz CT molecular complexity index is 243. The van der Waals surface area contributed by atoms with Gasteiger partial charge in [0.25, 0.3) is 0 Å². The van der Waals surface area contributed by atoms with Gasteiger partial charge in [-0.05, 0) is 19.3 Å². The van der Waals surface area contributed by atoms with Crippen molar-refractivity contribution in [2.45, 2.75) is 26.2 Å². The van der Waals surface area contributed by atoms with Crippen LogP contribution in [0, 0.1) is 5.41 Å². The molecule has 0 aromatic heterocycles. The van der Waals surface area contributed by atoms with Crippen LogP contribution in [-0.4, -0.2) is 0 Å². The fourth-order valence-corrected chi connectivity index (χ4v) is 1.94. The van der Waals surface area contributed by atoms with Crippen molar-refractivity contribution in [2.24, 2.45) is 5.41 Å². The maximum Gasteiger partial charge on any atom is 0.0100 e. The Morgan fingerprint density at radius 2 is 2.27 bits per heavy atom. The molecular weight excluding hydrogens is 132 g/mol. The second-order valence-electron chi connectivity index (χ2n) is 3.68. The van der Waals surface area contributed by atoms with Crippen molar-refractivity contribution in [3.05, 3.63) is 36.0 Å². The summed E-state index contributed by atoms with van der Waals surface area (Å²) in [6.45, 7) is 2.33. The van der Waals surface area contributed by atoms with Crippen LogP contribution in [0.3, 0.4) is 0 Å². The molecular formula is C11H14. The second kappa shape index (κ2) is 2.37. The lowest BCUT2D eigenvalue weighted by atomic mass is 9.72. The standard InChI is InChI=1S/C11H14/c1-11-8-4-2-6-10(11)7-3-5-9-11/h2,4-6,9H,3,7-8H2,1H3. The van der Waals surface area contributed by atoms with Crippen LogP contribution in [0.4, 0.5) is 0 Å². The molecule has 0 heterocycles. The maximum absolute atomic E-state index is 2.37. The van der Waals surface area contributed by atoms with Gasteiger partial charge in [-0.1, -0.05) is 42.9 Å². The van der Waals surface area contributed by atoms with Crippen LogP contribution in [-0.2, 0) is 0 Å². The molecule has 2 aliphatic carbocycles. The molecule has 1 unspecified atom stereocenters. The third-order valence-corrected chi connectivity index (χ3v) is 2.77. The lowest BCUT2D eigenvalue weighted by Gasteiger charge is -2.33. The molecule has 1 atom stereocenters. The van der Waals surface area contributed by atoms with E-state index >= 15 is 0 Å². The fraction of sp³-hybridized carbons (Fsp3) is 0.455. The van der Waals surface area contributed by atoms with Crippen LogP contribution < -0.4 is 0 Å². The van der Waals surface area contributed by atoms with E-state index < -0.39 is 0 Å². The van der Waals surface area contributed by atoms with E-state index in [4.69, 9.17) is 0 Å². The first-order valence-corrected chi connectivity index (χ1v) is 4.35. The minimum Gasteiger partial charge on any atom is -0.0873 e. The van der Waals surface area contributed by atoms with Crippen molar-refractivity contribution in [3.8, 4) is 0 Å². The topological polar surface area (TPSA) is 0 Å². The van der Waals surface area contributed by atoms with Gasteiger partial charge in [-0.2, -0.15) is 0 Å². The Labute approximate surface area is 68.3 Å². The number of hydrogen-bond donors (Lipinski definition) is 0. The van der Waals surface area contributed by atoms with Gasteiger partial charge >= 0.3 is 0 Å². The van der Waals surface area contributed by atoms with E-state index in [0.717, 1.165) is 0 Å². The summed E-state index contributed by atoms with van der Waals surface area (Å²) in [6, 6.07) is 0. The molecule has 0 aliphatic heterocycles. The van der Waals surface area contributed by atoms with Gasteiger partial charge in [0, 0.05) is 5.41 Å². The zero-order valence-electron chi connectivity index (χ0n) is 7.01. The summed E-state index contributed by atoms with van der Waals surface area (Å²) in [5, 5.41) is 0. The van der Waals surface area contributed by atoms with E-state index in [1.807, 2.05) is 0 Å². The smallest absolute Gasteiger partial charge is 0.0100 e. The lowest BCUT2D eigenvalue weighted by Crippen LogP contribution is -2.19. The van der Waals surface area contributed by atoms with Crippen LogP contribution in [0.15, 0.2) is 36.0 Å². The molecule has 0 amide bonds. The quantitative estimate of drug-likeness (QED) is 0.460. The molecule has 58 valence electrons. The minimum atomic E-state index is 0.368. The largest absolute Gasteiger partial charge is 0.0873 e. The average molecular weight is 146 g/mol. The molecule has 0 heteroatoms. The number of fused-ring (bicyclic) bond motifs is 1. The van der Waals surface area contributed by atoms with E-state index in [2.05, 4.69) is 37.3 Å². The molecule has 0 fully saturated rings. The normalized spacial score (nSPS) is 34.8. The van der Waals surface area contributed by atoms with Gasteiger partial charge in [-0.3, -0.25) is 0 Å². The van der Waals surface area contributed by atoms with Crippen molar-refractivity contribution in [3.63, 3.8) is 0 Å². The first-order valence-electron chi connectivity index (χ1n) is 4.35. The number of hydrogen-bond acceptors (Lipinski definition) is 0. The number of allylic oxidation sites excluding steroid dienone is 6. The highest BCUT2D eigenvalue weighted by molar-refractivity contribution is 5.32. The summed E-state index contributed by atoms with van der Waals surface area (Å²) in [7, 11) is 0. The van der Waals surface area contributed by atoms with E-state index in [1.54, 1.807) is 5.57 Å². The highest BCUT2D eigenvalue weighted by Crippen LogP contribution is 2.41. The zero-order valence-corrected chi connectivity index (χ0v) is 7.01. The van der Waals surface area contributed by atoms with Crippen LogP contribution in [0.25, 0.3) is 0 Å². The summed E-state index contributed by atoms with van der Waals surface area (Å²) in [5.74, 6) is 0. The van der Waals surface area contributed by atoms with Gasteiger partial charge in [-0.25, -0.2) is 0 Å². The van der Waals surface area contributed by atoms with Crippen LogP contribution in [0.1, 0.15) is 26.2 Å². The van der Waals surface area contributed by atoms with Gasteiger partial charge in [0.05, 0.1) is 0 Å². The molecule has 2 aliphatic rings. The predicted molar refractivity (Wildman–Crippen MR) is 48.3 cm³/mol.